The van der Waals surface area contributed by atoms with Crippen LogP contribution < -0.4 is 15.9 Å². The van der Waals surface area contributed by atoms with Crippen LogP contribution in [-0.2, 0) is 10.9 Å². The van der Waals surface area contributed by atoms with Gasteiger partial charge < -0.3 is 0 Å². The summed E-state index contributed by atoms with van der Waals surface area (Å²) in [6.45, 7) is 0. The van der Waals surface area contributed by atoms with Crippen LogP contribution in [0.1, 0.15) is 15.9 Å². The summed E-state index contributed by atoms with van der Waals surface area (Å²) in [5, 5.41) is 3.93. The number of hydrogen-bond donors (Lipinski definition) is 0. The molecule has 0 spiro atoms. The van der Waals surface area contributed by atoms with E-state index < -0.39 is 7.26 Å². The van der Waals surface area contributed by atoms with Crippen LogP contribution in [-0.4, -0.2) is 13.1 Å². The molecule has 4 heteroatoms. The average molecular weight is 491 g/mol. The zero-order valence-corrected chi connectivity index (χ0v) is 19.9. The van der Waals surface area contributed by atoms with Gasteiger partial charge in [-0.15, -0.1) is 0 Å². The number of carbonyl (C=O) groups is 1. The monoisotopic (exact) mass is 490 g/mol. The number of carbonyl (C=O) groups excluding carboxylic acids is 1. The van der Waals surface area contributed by atoms with E-state index in [-0.39, 0.29) is 5.97 Å². The number of methoxy groups -OCH3 is 1. The Morgan fingerprint density at radius 3 is 1.61 bits per heavy atom. The van der Waals surface area contributed by atoms with Gasteiger partial charge in [-0.1, -0.05) is 0 Å². The molecule has 0 aliphatic rings. The summed E-state index contributed by atoms with van der Waals surface area (Å²) < 4.78 is 5.98. The number of rotatable bonds is 6. The maximum absolute atomic E-state index is 12.7. The summed E-state index contributed by atoms with van der Waals surface area (Å²) in [7, 11) is -1.06. The molecule has 0 aliphatic heterocycles. The second-order valence-corrected chi connectivity index (χ2v) is 12.3. The molecule has 4 aromatic carbocycles. The zero-order chi connectivity index (χ0) is 21.7. The van der Waals surface area contributed by atoms with E-state index in [0.717, 1.165) is 16.2 Å². The minimum absolute atomic E-state index is 0.312. The average Bonchev–Trinajstić information content (AvgIpc) is 2.84. The Kier molecular flexibility index (Phi) is 6.65. The fourth-order valence-corrected chi connectivity index (χ4v) is 9.40. The molecule has 0 aromatic heterocycles. The van der Waals surface area contributed by atoms with Crippen molar-refractivity contribution in [2.75, 3.05) is 7.11 Å². The van der Waals surface area contributed by atoms with Gasteiger partial charge in [-0.05, 0) is 0 Å². The van der Waals surface area contributed by atoms with E-state index in [9.17, 15) is 4.79 Å². The van der Waals surface area contributed by atoms with Gasteiger partial charge in [0, 0.05) is 0 Å². The summed E-state index contributed by atoms with van der Waals surface area (Å²) in [5.41, 5.74) is 1.61. The molecular formula is C27H24BrO2P. The second kappa shape index (κ2) is 9.60. The first-order valence-corrected chi connectivity index (χ1v) is 13.2. The molecule has 0 N–H and O–H groups in total. The van der Waals surface area contributed by atoms with Crippen molar-refractivity contribution in [3.05, 3.63) is 125 Å². The summed E-state index contributed by atoms with van der Waals surface area (Å²) in [6.07, 6.45) is 0.753. The van der Waals surface area contributed by atoms with Crippen molar-refractivity contribution < 1.29 is 9.53 Å². The normalized spacial score (nSPS) is 11.7. The molecule has 0 amide bonds. The van der Waals surface area contributed by atoms with Crippen LogP contribution in [0.5, 0.6) is 0 Å². The molecule has 0 aliphatic carbocycles. The summed E-state index contributed by atoms with van der Waals surface area (Å²) in [5.74, 6) is -0.312. The Morgan fingerprint density at radius 1 is 0.742 bits per heavy atom. The van der Waals surface area contributed by atoms with Crippen molar-refractivity contribution in [3.8, 4) is 0 Å². The molecule has 0 saturated heterocycles. The Balaban J connectivity index is 2.02. The Morgan fingerprint density at radius 2 is 1.19 bits per heavy atom. The third kappa shape index (κ3) is 4.35. The Bertz CT molecular complexity index is 1070. The van der Waals surface area contributed by atoms with Gasteiger partial charge in [0.1, 0.15) is 0 Å². The molecule has 0 fully saturated rings. The van der Waals surface area contributed by atoms with Crippen LogP contribution in [0.2, 0.25) is 0 Å². The summed E-state index contributed by atoms with van der Waals surface area (Å²) >= 11 is 3.51. The van der Waals surface area contributed by atoms with Crippen molar-refractivity contribution in [2.45, 2.75) is 6.16 Å². The Labute approximate surface area is 192 Å². The van der Waals surface area contributed by atoms with Crippen LogP contribution in [0.4, 0.5) is 0 Å². The van der Waals surface area contributed by atoms with Gasteiger partial charge >= 0.3 is 193 Å². The molecule has 0 heterocycles. The van der Waals surface area contributed by atoms with Crippen LogP contribution in [0, 0.1) is 0 Å². The third-order valence-electron chi connectivity index (χ3n) is 5.73. The van der Waals surface area contributed by atoms with Crippen molar-refractivity contribution in [2.24, 2.45) is 0 Å². The molecular weight excluding hydrogens is 467 g/mol. The van der Waals surface area contributed by atoms with E-state index in [1.165, 1.54) is 23.0 Å². The van der Waals surface area contributed by atoms with Crippen LogP contribution in [0.15, 0.2) is 114 Å². The Hall–Kier alpha value is -2.74. The van der Waals surface area contributed by atoms with E-state index in [0.29, 0.717) is 5.56 Å². The van der Waals surface area contributed by atoms with Gasteiger partial charge in [0.2, 0.25) is 0 Å². The maximum atomic E-state index is 12.7. The molecule has 4 aromatic rings. The van der Waals surface area contributed by atoms with E-state index >= 15 is 0 Å². The first-order valence-electron chi connectivity index (χ1n) is 10.2. The topological polar surface area (TPSA) is 26.3 Å². The van der Waals surface area contributed by atoms with Crippen molar-refractivity contribution >= 4 is 45.1 Å². The number of ether oxygens (including phenoxy) is 1. The number of esters is 1. The fraction of sp³-hybridized carbons (Fsp3) is 0.0741. The molecule has 0 unspecified atom stereocenters. The van der Waals surface area contributed by atoms with Gasteiger partial charge in [-0.3, -0.25) is 0 Å². The standard InChI is InChI=1S/C27H24BrO2P/c1-30-27(29)26-19-22(28)18-17-21(26)20-31(23-11-5-2-6-12-23,24-13-7-3-8-14-24)25-15-9-4-10-16-25/h2-19,31H,20H2,1H3. The van der Waals surface area contributed by atoms with Crippen LogP contribution in [0.25, 0.3) is 0 Å². The molecule has 0 atom stereocenters. The van der Waals surface area contributed by atoms with Crippen molar-refractivity contribution in [1.82, 2.24) is 0 Å². The number of benzene rings is 4. The van der Waals surface area contributed by atoms with E-state index in [2.05, 4.69) is 107 Å². The quantitative estimate of drug-likeness (QED) is 0.265. The van der Waals surface area contributed by atoms with E-state index in [1.54, 1.807) is 0 Å². The van der Waals surface area contributed by atoms with E-state index in [1.807, 2.05) is 18.2 Å². The second-order valence-electron chi connectivity index (χ2n) is 7.47. The fourth-order valence-electron chi connectivity index (χ4n) is 4.26. The van der Waals surface area contributed by atoms with Gasteiger partial charge in [-0.25, -0.2) is 0 Å². The molecule has 2 nitrogen and oxygen atoms in total. The molecule has 4 rings (SSSR count). The predicted octanol–water partition coefficient (Wildman–Crippen LogP) is 5.46. The molecule has 0 bridgehead atoms. The first kappa shape index (κ1) is 21.5. The SMILES string of the molecule is COC(=O)c1cc(Br)ccc1C[PH](c1ccccc1)(c1ccccc1)c1ccccc1. The number of halogens is 1. The summed E-state index contributed by atoms with van der Waals surface area (Å²) in [6, 6.07) is 38.0. The van der Waals surface area contributed by atoms with Gasteiger partial charge in [0.15, 0.2) is 0 Å². The van der Waals surface area contributed by atoms with Gasteiger partial charge in [0.25, 0.3) is 0 Å². The molecule has 0 radical (unpaired) electrons. The molecule has 156 valence electrons. The minimum atomic E-state index is -2.50. The predicted molar refractivity (Wildman–Crippen MR) is 136 cm³/mol. The van der Waals surface area contributed by atoms with E-state index in [4.69, 9.17) is 4.74 Å². The number of hydrogen-bond acceptors (Lipinski definition) is 2. The van der Waals surface area contributed by atoms with Crippen molar-refractivity contribution in [3.63, 3.8) is 0 Å². The zero-order valence-electron chi connectivity index (χ0n) is 17.3. The first-order chi connectivity index (χ1) is 15.1. The van der Waals surface area contributed by atoms with Crippen molar-refractivity contribution in [1.29, 1.82) is 0 Å². The molecule has 0 saturated carbocycles. The third-order valence-corrected chi connectivity index (χ3v) is 11.1. The van der Waals surface area contributed by atoms with Crippen LogP contribution in [0.3, 0.4) is 0 Å². The molecule has 31 heavy (non-hydrogen) atoms. The van der Waals surface area contributed by atoms with Gasteiger partial charge in [-0.2, -0.15) is 0 Å². The van der Waals surface area contributed by atoms with Gasteiger partial charge in [0.05, 0.1) is 0 Å². The summed E-state index contributed by atoms with van der Waals surface area (Å²) in [4.78, 5) is 12.7. The van der Waals surface area contributed by atoms with Crippen LogP contribution >= 0.6 is 23.2 Å².